The van der Waals surface area contributed by atoms with Crippen molar-refractivity contribution >= 4 is 40.8 Å². The van der Waals surface area contributed by atoms with Gasteiger partial charge in [0, 0.05) is 25.2 Å². The average Bonchev–Trinajstić information content (AvgIpc) is 2.84. The van der Waals surface area contributed by atoms with Crippen molar-refractivity contribution in [2.24, 2.45) is 0 Å². The number of hydrogen-bond donors (Lipinski definition) is 0. The summed E-state index contributed by atoms with van der Waals surface area (Å²) in [4.78, 5) is 18.1. The summed E-state index contributed by atoms with van der Waals surface area (Å²) in [6.45, 7) is 10.2. The van der Waals surface area contributed by atoms with E-state index >= 15 is 0 Å². The summed E-state index contributed by atoms with van der Waals surface area (Å²) >= 11 is 18.4. The van der Waals surface area contributed by atoms with Crippen LogP contribution in [0, 0.1) is 0 Å². The Labute approximate surface area is 182 Å². The van der Waals surface area contributed by atoms with Crippen molar-refractivity contribution in [3.8, 4) is 11.4 Å². The molecule has 2 aromatic rings. The predicted molar refractivity (Wildman–Crippen MR) is 118 cm³/mol. The topological polar surface area (TPSA) is 45.2 Å². The Bertz CT molecular complexity index is 812. The van der Waals surface area contributed by atoms with Gasteiger partial charge in [0.15, 0.2) is 11.6 Å². The minimum absolute atomic E-state index is 0.0730. The van der Waals surface area contributed by atoms with Crippen molar-refractivity contribution < 1.29 is 0 Å². The van der Waals surface area contributed by atoms with E-state index in [0.717, 1.165) is 38.2 Å². The summed E-state index contributed by atoms with van der Waals surface area (Å²) in [5.41, 5.74) is 2.19. The Hall–Kier alpha value is -1.14. The van der Waals surface area contributed by atoms with Gasteiger partial charge >= 0.3 is 0 Å². The second kappa shape index (κ2) is 8.31. The van der Waals surface area contributed by atoms with Gasteiger partial charge in [-0.15, -0.1) is 0 Å². The lowest BCUT2D eigenvalue weighted by Gasteiger charge is -2.22. The molecule has 1 aromatic carbocycles. The second-order valence-electron chi connectivity index (χ2n) is 8.25. The molecule has 8 heteroatoms. The number of aromatic nitrogens is 3. The maximum absolute atomic E-state index is 6.12. The number of anilines is 1. The van der Waals surface area contributed by atoms with E-state index in [0.29, 0.717) is 11.8 Å². The standard InChI is InChI=1S/C20H26Cl3N5/c1-19(2,3)15-8-6-14(7-9-15)16-24-17(20(21,22)23)26-18(25-16)28-11-5-10-27(4)12-13-28/h6-9H,5,10-13H2,1-4H3. The normalized spacial score (nSPS) is 16.9. The molecule has 0 atom stereocenters. The third-order valence-corrected chi connectivity index (χ3v) is 5.40. The minimum atomic E-state index is -1.71. The van der Waals surface area contributed by atoms with Gasteiger partial charge in [-0.05, 0) is 31.0 Å². The van der Waals surface area contributed by atoms with E-state index in [2.05, 4.69) is 59.7 Å². The Balaban J connectivity index is 2.01. The highest BCUT2D eigenvalue weighted by atomic mass is 35.6. The monoisotopic (exact) mass is 441 g/mol. The first-order valence-electron chi connectivity index (χ1n) is 9.42. The molecule has 5 nitrogen and oxygen atoms in total. The van der Waals surface area contributed by atoms with Gasteiger partial charge in [-0.25, -0.2) is 4.98 Å². The van der Waals surface area contributed by atoms with Crippen LogP contribution in [0.4, 0.5) is 5.95 Å². The number of benzene rings is 1. The molecule has 2 heterocycles. The highest BCUT2D eigenvalue weighted by Crippen LogP contribution is 2.37. The van der Waals surface area contributed by atoms with E-state index in [1.807, 2.05) is 12.1 Å². The van der Waals surface area contributed by atoms with Crippen LogP contribution in [0.3, 0.4) is 0 Å². The molecule has 3 rings (SSSR count). The van der Waals surface area contributed by atoms with Crippen molar-refractivity contribution in [3.63, 3.8) is 0 Å². The highest BCUT2D eigenvalue weighted by molar-refractivity contribution is 6.66. The van der Waals surface area contributed by atoms with E-state index in [1.165, 1.54) is 5.56 Å². The Morgan fingerprint density at radius 3 is 2.14 bits per heavy atom. The molecule has 0 saturated carbocycles. The number of rotatable bonds is 2. The van der Waals surface area contributed by atoms with Crippen molar-refractivity contribution in [3.05, 3.63) is 35.7 Å². The fraction of sp³-hybridized carbons (Fsp3) is 0.550. The molecule has 28 heavy (non-hydrogen) atoms. The van der Waals surface area contributed by atoms with Crippen molar-refractivity contribution in [1.29, 1.82) is 0 Å². The first-order chi connectivity index (χ1) is 13.0. The lowest BCUT2D eigenvalue weighted by atomic mass is 9.87. The number of hydrogen-bond acceptors (Lipinski definition) is 5. The second-order valence-corrected chi connectivity index (χ2v) is 10.5. The zero-order valence-electron chi connectivity index (χ0n) is 16.7. The number of likely N-dealkylation sites (N-methyl/N-ethyl adjacent to an activating group) is 1. The van der Waals surface area contributed by atoms with Crippen molar-refractivity contribution in [2.45, 2.75) is 36.4 Å². The SMILES string of the molecule is CN1CCCN(c2nc(-c3ccc(C(C)(C)C)cc3)nc(C(Cl)(Cl)Cl)n2)CC1. The van der Waals surface area contributed by atoms with Crippen molar-refractivity contribution in [1.82, 2.24) is 19.9 Å². The van der Waals surface area contributed by atoms with Crippen LogP contribution in [0.1, 0.15) is 38.6 Å². The smallest absolute Gasteiger partial charge is 0.250 e. The molecule has 152 valence electrons. The number of halogens is 3. The molecule has 0 radical (unpaired) electrons. The molecule has 1 aliphatic rings. The summed E-state index contributed by atoms with van der Waals surface area (Å²) in [5.74, 6) is 1.22. The van der Waals surface area contributed by atoms with Gasteiger partial charge in [-0.1, -0.05) is 79.8 Å². The van der Waals surface area contributed by atoms with Gasteiger partial charge in [-0.3, -0.25) is 0 Å². The summed E-state index contributed by atoms with van der Waals surface area (Å²) in [6, 6.07) is 8.21. The fourth-order valence-electron chi connectivity index (χ4n) is 3.13. The van der Waals surface area contributed by atoms with E-state index in [1.54, 1.807) is 0 Å². The van der Waals surface area contributed by atoms with E-state index in [-0.39, 0.29) is 11.2 Å². The lowest BCUT2D eigenvalue weighted by molar-refractivity contribution is 0.360. The fourth-order valence-corrected chi connectivity index (χ4v) is 3.38. The van der Waals surface area contributed by atoms with Crippen molar-refractivity contribution in [2.75, 3.05) is 38.1 Å². The van der Waals surface area contributed by atoms with Gasteiger partial charge in [0.05, 0.1) is 0 Å². The number of nitrogens with zero attached hydrogens (tertiary/aromatic N) is 5. The van der Waals surface area contributed by atoms with Crippen LogP contribution in [0.15, 0.2) is 24.3 Å². The number of alkyl halides is 3. The maximum Gasteiger partial charge on any atom is 0.250 e. The van der Waals surface area contributed by atoms with E-state index in [9.17, 15) is 0 Å². The molecule has 0 amide bonds. The third kappa shape index (κ3) is 5.26. The van der Waals surface area contributed by atoms with Crippen LogP contribution in [-0.4, -0.2) is 53.1 Å². The first-order valence-corrected chi connectivity index (χ1v) is 10.5. The molecule has 0 spiro atoms. The molecular formula is C20H26Cl3N5. The lowest BCUT2D eigenvalue weighted by Crippen LogP contribution is -2.31. The van der Waals surface area contributed by atoms with E-state index in [4.69, 9.17) is 39.8 Å². The largest absolute Gasteiger partial charge is 0.339 e. The molecule has 1 aromatic heterocycles. The van der Waals surface area contributed by atoms with Crippen LogP contribution >= 0.6 is 34.8 Å². The molecule has 1 saturated heterocycles. The van der Waals surface area contributed by atoms with Crippen LogP contribution < -0.4 is 4.90 Å². The van der Waals surface area contributed by atoms with Gasteiger partial charge < -0.3 is 9.80 Å². The van der Waals surface area contributed by atoms with Gasteiger partial charge in [0.2, 0.25) is 9.74 Å². The van der Waals surface area contributed by atoms with Crippen LogP contribution in [0.25, 0.3) is 11.4 Å². The predicted octanol–water partition coefficient (Wildman–Crippen LogP) is 4.80. The maximum atomic E-state index is 6.12. The Morgan fingerprint density at radius 1 is 0.857 bits per heavy atom. The molecule has 0 N–H and O–H groups in total. The molecule has 1 aliphatic heterocycles. The summed E-state index contributed by atoms with van der Waals surface area (Å²) in [6.07, 6.45) is 1.03. The van der Waals surface area contributed by atoms with Gasteiger partial charge in [0.1, 0.15) is 0 Å². The first kappa shape index (κ1) is 21.6. The highest BCUT2D eigenvalue weighted by Gasteiger charge is 2.30. The zero-order chi connectivity index (χ0) is 20.5. The summed E-state index contributed by atoms with van der Waals surface area (Å²) < 4.78 is -1.71. The molecule has 1 fully saturated rings. The summed E-state index contributed by atoms with van der Waals surface area (Å²) in [5, 5.41) is 0. The molecule has 0 bridgehead atoms. The zero-order valence-corrected chi connectivity index (χ0v) is 19.0. The quantitative estimate of drug-likeness (QED) is 0.625. The van der Waals surface area contributed by atoms with Gasteiger partial charge in [0.25, 0.3) is 0 Å². The van der Waals surface area contributed by atoms with Crippen LogP contribution in [0.5, 0.6) is 0 Å². The van der Waals surface area contributed by atoms with Crippen LogP contribution in [0.2, 0.25) is 0 Å². The Morgan fingerprint density at radius 2 is 1.54 bits per heavy atom. The average molecular weight is 443 g/mol. The van der Waals surface area contributed by atoms with Crippen LogP contribution in [-0.2, 0) is 9.21 Å². The Kier molecular flexibility index (Phi) is 6.40. The molecular weight excluding hydrogens is 417 g/mol. The third-order valence-electron chi connectivity index (χ3n) is 4.89. The molecule has 0 aliphatic carbocycles. The van der Waals surface area contributed by atoms with Gasteiger partial charge in [-0.2, -0.15) is 9.97 Å². The summed E-state index contributed by atoms with van der Waals surface area (Å²) in [7, 11) is 2.12. The molecule has 0 unspecified atom stereocenters. The minimum Gasteiger partial charge on any atom is -0.339 e. The van der Waals surface area contributed by atoms with E-state index < -0.39 is 3.79 Å².